The molecule has 3 rings (SSSR count). The van der Waals surface area contributed by atoms with Gasteiger partial charge >= 0.3 is 5.97 Å². The highest BCUT2D eigenvalue weighted by atomic mass is 16.5. The van der Waals surface area contributed by atoms with Crippen LogP contribution in [0.4, 0.5) is 0 Å². The lowest BCUT2D eigenvalue weighted by atomic mass is 10.1. The van der Waals surface area contributed by atoms with Gasteiger partial charge in [0.05, 0.1) is 13.7 Å². The van der Waals surface area contributed by atoms with Crippen LogP contribution >= 0.6 is 0 Å². The molecule has 0 aliphatic carbocycles. The molecule has 3 aromatic rings. The lowest BCUT2D eigenvalue weighted by Gasteiger charge is -2.05. The Balaban J connectivity index is 1.81. The van der Waals surface area contributed by atoms with Crippen molar-refractivity contribution < 1.29 is 19.1 Å². The normalized spacial score (nSPS) is 11.1. The summed E-state index contributed by atoms with van der Waals surface area (Å²) in [6.07, 6.45) is 3.28. The van der Waals surface area contributed by atoms with E-state index in [0.717, 1.165) is 22.2 Å². The van der Waals surface area contributed by atoms with Crippen LogP contribution in [0, 0.1) is 11.3 Å². The van der Waals surface area contributed by atoms with Gasteiger partial charge in [-0.3, -0.25) is 9.59 Å². The Morgan fingerprint density at radius 2 is 1.90 bits per heavy atom. The Morgan fingerprint density at radius 3 is 2.58 bits per heavy atom. The number of amides is 1. The molecule has 7 nitrogen and oxygen atoms in total. The predicted octanol–water partition coefficient (Wildman–Crippen LogP) is 3.44. The van der Waals surface area contributed by atoms with E-state index in [1.165, 1.54) is 6.08 Å². The molecule has 0 aliphatic rings. The van der Waals surface area contributed by atoms with Crippen molar-refractivity contribution in [1.82, 2.24) is 9.88 Å². The van der Waals surface area contributed by atoms with E-state index in [0.29, 0.717) is 12.2 Å². The number of esters is 1. The number of para-hydroxylation sites is 1. The van der Waals surface area contributed by atoms with Crippen LogP contribution in [-0.2, 0) is 27.4 Å². The maximum atomic E-state index is 12.6. The smallest absolute Gasteiger partial charge is 0.325 e. The van der Waals surface area contributed by atoms with Crippen molar-refractivity contribution >= 4 is 28.9 Å². The number of fused-ring (bicyclic) bond motifs is 1. The first-order chi connectivity index (χ1) is 15.0. The first-order valence-electron chi connectivity index (χ1n) is 9.82. The number of nitrogens with zero attached hydrogens (tertiary/aromatic N) is 2. The molecule has 31 heavy (non-hydrogen) atoms. The minimum atomic E-state index is -0.472. The highest BCUT2D eigenvalue weighted by Gasteiger charge is 2.14. The molecule has 0 atom stereocenters. The summed E-state index contributed by atoms with van der Waals surface area (Å²) >= 11 is 0. The summed E-state index contributed by atoms with van der Waals surface area (Å²) in [4.78, 5) is 24.5. The number of ether oxygens (including phenoxy) is 2. The molecule has 158 valence electrons. The van der Waals surface area contributed by atoms with E-state index in [1.54, 1.807) is 36.9 Å². The molecule has 0 bridgehead atoms. The zero-order valence-electron chi connectivity index (χ0n) is 17.4. The van der Waals surface area contributed by atoms with Crippen molar-refractivity contribution in [2.24, 2.45) is 0 Å². The summed E-state index contributed by atoms with van der Waals surface area (Å²) in [7, 11) is 1.59. The van der Waals surface area contributed by atoms with Gasteiger partial charge in [0.2, 0.25) is 0 Å². The maximum absolute atomic E-state index is 12.6. The molecule has 7 heteroatoms. The largest absolute Gasteiger partial charge is 0.497 e. The predicted molar refractivity (Wildman–Crippen MR) is 117 cm³/mol. The zero-order valence-corrected chi connectivity index (χ0v) is 17.4. The van der Waals surface area contributed by atoms with Crippen LogP contribution in [0.1, 0.15) is 18.1 Å². The van der Waals surface area contributed by atoms with Crippen LogP contribution in [-0.4, -0.2) is 30.2 Å². The molecule has 1 aromatic heterocycles. The second-order valence-electron chi connectivity index (χ2n) is 6.74. The van der Waals surface area contributed by atoms with Crippen LogP contribution in [0.15, 0.2) is 60.3 Å². The molecule has 1 heterocycles. The zero-order chi connectivity index (χ0) is 22.2. The van der Waals surface area contributed by atoms with Crippen LogP contribution in [0.3, 0.4) is 0 Å². The van der Waals surface area contributed by atoms with Gasteiger partial charge in [0, 0.05) is 29.2 Å². The molecule has 1 amide bonds. The lowest BCUT2D eigenvalue weighted by molar-refractivity contribution is -0.143. The van der Waals surface area contributed by atoms with Crippen molar-refractivity contribution in [2.45, 2.75) is 20.0 Å². The number of hydrogen-bond donors (Lipinski definition) is 1. The van der Waals surface area contributed by atoms with Crippen molar-refractivity contribution in [3.05, 3.63) is 71.4 Å². The fraction of sp³-hybridized carbons (Fsp3) is 0.208. The molecule has 0 radical (unpaired) electrons. The number of benzene rings is 2. The summed E-state index contributed by atoms with van der Waals surface area (Å²) in [5.41, 5.74) is 2.36. The van der Waals surface area contributed by atoms with Crippen molar-refractivity contribution in [3.8, 4) is 11.8 Å². The van der Waals surface area contributed by atoms with Gasteiger partial charge in [0.1, 0.15) is 23.9 Å². The molecule has 0 fully saturated rings. The average molecular weight is 417 g/mol. The second kappa shape index (κ2) is 10.1. The van der Waals surface area contributed by atoms with Crippen LogP contribution in [0.25, 0.3) is 17.0 Å². The van der Waals surface area contributed by atoms with Gasteiger partial charge < -0.3 is 19.4 Å². The SMILES string of the molecule is CCOC(=O)Cn1cc(/C=C(/C#N)C(=O)NCc2ccc(OC)cc2)c2ccccc21. The Kier molecular flexibility index (Phi) is 7.07. The number of nitriles is 1. The fourth-order valence-electron chi connectivity index (χ4n) is 3.19. The summed E-state index contributed by atoms with van der Waals surface area (Å²) in [6, 6.07) is 16.8. The summed E-state index contributed by atoms with van der Waals surface area (Å²) < 4.78 is 11.9. The molecule has 0 aliphatic heterocycles. The highest BCUT2D eigenvalue weighted by molar-refractivity contribution is 6.04. The van der Waals surface area contributed by atoms with E-state index < -0.39 is 5.91 Å². The second-order valence-corrected chi connectivity index (χ2v) is 6.74. The Morgan fingerprint density at radius 1 is 1.16 bits per heavy atom. The number of aromatic nitrogens is 1. The molecule has 2 aromatic carbocycles. The van der Waals surface area contributed by atoms with Gasteiger partial charge in [0.15, 0.2) is 0 Å². The monoisotopic (exact) mass is 417 g/mol. The van der Waals surface area contributed by atoms with Crippen LogP contribution in [0.2, 0.25) is 0 Å². The number of rotatable bonds is 8. The number of hydrogen-bond acceptors (Lipinski definition) is 5. The van der Waals surface area contributed by atoms with Gasteiger partial charge in [-0.1, -0.05) is 30.3 Å². The Bertz CT molecular complexity index is 1150. The molecule has 0 saturated heterocycles. The van der Waals surface area contributed by atoms with Crippen molar-refractivity contribution in [1.29, 1.82) is 5.26 Å². The Labute approximate surface area is 180 Å². The molecule has 0 saturated carbocycles. The third kappa shape index (κ3) is 5.31. The van der Waals surface area contributed by atoms with Gasteiger partial charge in [-0.2, -0.15) is 5.26 Å². The molecule has 0 spiro atoms. The fourth-order valence-corrected chi connectivity index (χ4v) is 3.19. The summed E-state index contributed by atoms with van der Waals surface area (Å²) in [6.45, 7) is 2.39. The highest BCUT2D eigenvalue weighted by Crippen LogP contribution is 2.24. The third-order valence-corrected chi connectivity index (χ3v) is 4.70. The van der Waals surface area contributed by atoms with Crippen molar-refractivity contribution in [2.75, 3.05) is 13.7 Å². The number of carbonyl (C=O) groups is 2. The average Bonchev–Trinajstić information content (AvgIpc) is 3.13. The third-order valence-electron chi connectivity index (χ3n) is 4.70. The van der Waals surface area contributed by atoms with Gasteiger partial charge in [-0.15, -0.1) is 0 Å². The molecule has 0 unspecified atom stereocenters. The number of methoxy groups -OCH3 is 1. The van der Waals surface area contributed by atoms with Crippen LogP contribution in [0.5, 0.6) is 5.75 Å². The minimum Gasteiger partial charge on any atom is -0.497 e. The quantitative estimate of drug-likeness (QED) is 0.344. The summed E-state index contributed by atoms with van der Waals surface area (Å²) in [5, 5.41) is 13.1. The van der Waals surface area contributed by atoms with E-state index in [4.69, 9.17) is 9.47 Å². The van der Waals surface area contributed by atoms with E-state index in [1.807, 2.05) is 42.5 Å². The van der Waals surface area contributed by atoms with E-state index in [-0.39, 0.29) is 24.6 Å². The number of nitrogens with one attached hydrogen (secondary N) is 1. The Hall–Kier alpha value is -4.05. The minimum absolute atomic E-state index is 0.0208. The lowest BCUT2D eigenvalue weighted by Crippen LogP contribution is -2.23. The van der Waals surface area contributed by atoms with Crippen molar-refractivity contribution in [3.63, 3.8) is 0 Å². The van der Waals surface area contributed by atoms with E-state index >= 15 is 0 Å². The van der Waals surface area contributed by atoms with Gasteiger partial charge in [-0.05, 0) is 36.8 Å². The molecule has 1 N–H and O–H groups in total. The van der Waals surface area contributed by atoms with Crippen LogP contribution < -0.4 is 10.1 Å². The molecular formula is C24H23N3O4. The van der Waals surface area contributed by atoms with E-state index in [9.17, 15) is 14.9 Å². The first-order valence-corrected chi connectivity index (χ1v) is 9.82. The summed E-state index contributed by atoms with van der Waals surface area (Å²) in [5.74, 6) is -0.0936. The van der Waals surface area contributed by atoms with Gasteiger partial charge in [0.25, 0.3) is 5.91 Å². The van der Waals surface area contributed by atoms with E-state index in [2.05, 4.69) is 5.32 Å². The number of carbonyl (C=O) groups excluding carboxylic acids is 2. The standard InChI is InChI=1S/C24H23N3O4/c1-3-31-23(28)16-27-15-19(21-6-4-5-7-22(21)27)12-18(13-25)24(29)26-14-17-8-10-20(30-2)11-9-17/h4-12,15H,3,14,16H2,1-2H3,(H,26,29)/b18-12-. The van der Waals surface area contributed by atoms with Gasteiger partial charge in [-0.25, -0.2) is 0 Å². The topological polar surface area (TPSA) is 93.4 Å². The maximum Gasteiger partial charge on any atom is 0.325 e. The molecular weight excluding hydrogens is 394 g/mol. The first kappa shape index (κ1) is 21.7.